The van der Waals surface area contributed by atoms with Gasteiger partial charge >= 0.3 is 0 Å². The van der Waals surface area contributed by atoms with Crippen LogP contribution in [0.3, 0.4) is 0 Å². The number of aliphatic hydroxyl groups excluding tert-OH is 1. The van der Waals surface area contributed by atoms with E-state index in [4.69, 9.17) is 4.98 Å². The third kappa shape index (κ3) is 7.92. The third-order valence-electron chi connectivity index (χ3n) is 7.78. The molecule has 1 aliphatic rings. The van der Waals surface area contributed by atoms with Crippen molar-refractivity contribution in [1.29, 1.82) is 0 Å². The first-order valence-corrected chi connectivity index (χ1v) is 13.7. The molecule has 0 spiro atoms. The van der Waals surface area contributed by atoms with Crippen molar-refractivity contribution in [3.63, 3.8) is 0 Å². The van der Waals surface area contributed by atoms with E-state index in [0.717, 1.165) is 49.0 Å². The molecule has 3 N–H and O–H groups in total. The number of nitrogens with zero attached hydrogens (tertiary/aromatic N) is 2. The van der Waals surface area contributed by atoms with Crippen LogP contribution in [0.25, 0.3) is 11.4 Å². The summed E-state index contributed by atoms with van der Waals surface area (Å²) in [5, 5.41) is 15.6. The molecule has 0 aliphatic carbocycles. The molecule has 3 aromatic carbocycles. The molecular weight excluding hydrogens is 575 g/mol. The molecule has 0 radical (unpaired) electrons. The van der Waals surface area contributed by atoms with Crippen molar-refractivity contribution in [2.75, 3.05) is 26.2 Å². The molecule has 1 fully saturated rings. The van der Waals surface area contributed by atoms with Gasteiger partial charge in [-0.1, -0.05) is 106 Å². The van der Waals surface area contributed by atoms with E-state index < -0.39 is 6.10 Å². The largest absolute Gasteiger partial charge is 0.385 e. The van der Waals surface area contributed by atoms with Crippen molar-refractivity contribution >= 4 is 37.2 Å². The zero-order valence-corrected chi connectivity index (χ0v) is 26.7. The Morgan fingerprint density at radius 1 is 0.780 bits per heavy atom. The number of benzene rings is 3. The van der Waals surface area contributed by atoms with Gasteiger partial charge in [-0.15, -0.1) is 37.2 Å². The molecule has 5 nitrogen and oxygen atoms in total. The van der Waals surface area contributed by atoms with E-state index in [9.17, 15) is 5.11 Å². The maximum Gasteiger partial charge on any atom is 0.137 e. The smallest absolute Gasteiger partial charge is 0.137 e. The summed E-state index contributed by atoms with van der Waals surface area (Å²) in [6.07, 6.45) is -0.766. The predicted octanol–water partition coefficient (Wildman–Crippen LogP) is 7.09. The minimum atomic E-state index is -0.766. The molecule has 41 heavy (non-hydrogen) atoms. The lowest BCUT2D eigenvalue weighted by Crippen LogP contribution is -2.52. The molecule has 0 bridgehead atoms. The Labute approximate surface area is 263 Å². The summed E-state index contributed by atoms with van der Waals surface area (Å²) in [6, 6.07) is 29.6. The predicted molar refractivity (Wildman–Crippen MR) is 177 cm³/mol. The monoisotopic (exact) mass is 616 g/mol. The van der Waals surface area contributed by atoms with Crippen molar-refractivity contribution in [2.24, 2.45) is 0 Å². The molecule has 5 rings (SSSR count). The van der Waals surface area contributed by atoms with Crippen LogP contribution in [-0.2, 0) is 5.41 Å². The van der Waals surface area contributed by atoms with Crippen molar-refractivity contribution in [1.82, 2.24) is 20.2 Å². The maximum absolute atomic E-state index is 12.2. The quantitative estimate of drug-likeness (QED) is 0.207. The van der Waals surface area contributed by atoms with Gasteiger partial charge in [-0.05, 0) is 29.0 Å². The lowest BCUT2D eigenvalue weighted by molar-refractivity contribution is 0.0295. The number of aromatic amines is 1. The van der Waals surface area contributed by atoms with Crippen LogP contribution in [0.5, 0.6) is 0 Å². The van der Waals surface area contributed by atoms with Crippen molar-refractivity contribution in [2.45, 2.75) is 51.2 Å². The summed E-state index contributed by atoms with van der Waals surface area (Å²) in [6.45, 7) is 12.3. The van der Waals surface area contributed by atoms with Gasteiger partial charge in [0.25, 0.3) is 0 Å². The second kappa shape index (κ2) is 15.2. The zero-order chi connectivity index (χ0) is 26.7. The normalized spacial score (nSPS) is 15.3. The molecule has 8 heteroatoms. The van der Waals surface area contributed by atoms with E-state index in [0.29, 0.717) is 0 Å². The number of imidazole rings is 1. The second-order valence-corrected chi connectivity index (χ2v) is 11.4. The Bertz CT molecular complexity index is 1280. The van der Waals surface area contributed by atoms with Gasteiger partial charge in [-0.3, -0.25) is 4.90 Å². The first kappa shape index (κ1) is 34.8. The van der Waals surface area contributed by atoms with Gasteiger partial charge in [0, 0.05) is 43.4 Å². The minimum Gasteiger partial charge on any atom is -0.385 e. The number of halogens is 3. The highest BCUT2D eigenvalue weighted by molar-refractivity contribution is 5.86. The van der Waals surface area contributed by atoms with E-state index in [1.165, 1.54) is 16.7 Å². The lowest BCUT2D eigenvalue weighted by Gasteiger charge is -2.42. The van der Waals surface area contributed by atoms with E-state index in [2.05, 4.69) is 121 Å². The summed E-state index contributed by atoms with van der Waals surface area (Å²) in [7, 11) is 0. The van der Waals surface area contributed by atoms with Crippen molar-refractivity contribution < 1.29 is 5.11 Å². The molecule has 2 unspecified atom stereocenters. The molecule has 1 saturated heterocycles. The SMILES string of the molecule is Cc1[nH]c(-c2ccc(C(C)(C)C)cc2)nc1C(O)C(C(c1ccccc1)c1ccccc1)N1CCNCC1.Cl.Cl.Cl. The van der Waals surface area contributed by atoms with Crippen LogP contribution in [0.2, 0.25) is 0 Å². The molecule has 0 amide bonds. The molecule has 2 heterocycles. The van der Waals surface area contributed by atoms with Crippen LogP contribution in [-0.4, -0.2) is 52.2 Å². The first-order valence-electron chi connectivity index (χ1n) is 13.7. The van der Waals surface area contributed by atoms with Gasteiger partial charge in [0.1, 0.15) is 11.9 Å². The molecular formula is C33H43Cl3N4O. The maximum atomic E-state index is 12.2. The fourth-order valence-electron chi connectivity index (χ4n) is 5.67. The topological polar surface area (TPSA) is 64.2 Å². The number of hydrogen-bond donors (Lipinski definition) is 3. The third-order valence-corrected chi connectivity index (χ3v) is 7.78. The molecule has 1 aliphatic heterocycles. The number of hydrogen-bond acceptors (Lipinski definition) is 4. The van der Waals surface area contributed by atoms with E-state index >= 15 is 0 Å². The first-order chi connectivity index (χ1) is 18.3. The van der Waals surface area contributed by atoms with Gasteiger partial charge in [-0.25, -0.2) is 4.98 Å². The Morgan fingerprint density at radius 2 is 1.29 bits per heavy atom. The number of aromatic nitrogens is 2. The highest BCUT2D eigenvalue weighted by Crippen LogP contribution is 2.39. The van der Waals surface area contributed by atoms with Crippen LogP contribution in [0.15, 0.2) is 84.9 Å². The highest BCUT2D eigenvalue weighted by Gasteiger charge is 2.38. The molecule has 222 valence electrons. The molecule has 2 atom stereocenters. The molecule has 1 aromatic heterocycles. The Kier molecular flexibility index (Phi) is 12.9. The van der Waals surface area contributed by atoms with E-state index in [1.807, 2.05) is 6.92 Å². The highest BCUT2D eigenvalue weighted by atomic mass is 35.5. The number of rotatable bonds is 7. The Hall–Kier alpha value is -2.38. The van der Waals surface area contributed by atoms with Crippen molar-refractivity contribution in [3.8, 4) is 11.4 Å². The van der Waals surface area contributed by atoms with Crippen LogP contribution < -0.4 is 5.32 Å². The number of piperazine rings is 1. The van der Waals surface area contributed by atoms with Crippen LogP contribution in [0.4, 0.5) is 0 Å². The Balaban J connectivity index is 0.00000196. The van der Waals surface area contributed by atoms with E-state index in [1.54, 1.807) is 0 Å². The van der Waals surface area contributed by atoms with Crippen LogP contribution in [0.1, 0.15) is 60.9 Å². The van der Waals surface area contributed by atoms with E-state index in [-0.39, 0.29) is 54.6 Å². The summed E-state index contributed by atoms with van der Waals surface area (Å²) in [4.78, 5) is 10.9. The van der Waals surface area contributed by atoms with Crippen molar-refractivity contribution in [3.05, 3.63) is 113 Å². The number of H-pyrrole nitrogens is 1. The fourth-order valence-corrected chi connectivity index (χ4v) is 5.67. The second-order valence-electron chi connectivity index (χ2n) is 11.4. The van der Waals surface area contributed by atoms with Gasteiger partial charge in [0.2, 0.25) is 0 Å². The van der Waals surface area contributed by atoms with Crippen LogP contribution >= 0.6 is 37.2 Å². The number of nitrogens with one attached hydrogen (secondary N) is 2. The molecule has 0 saturated carbocycles. The standard InChI is InChI=1S/C33H40N4O.3ClH/c1-23-29(36-32(35-23)26-15-17-27(18-16-26)33(2,3)4)31(38)30(37-21-19-34-20-22-37)28(24-11-7-5-8-12-24)25-13-9-6-10-14-25;;;/h5-18,28,30-31,34,38H,19-22H2,1-4H3,(H,35,36);3*1H. The summed E-state index contributed by atoms with van der Waals surface area (Å²) in [5.41, 5.74) is 6.45. The number of aliphatic hydroxyl groups is 1. The minimum absolute atomic E-state index is 0. The summed E-state index contributed by atoms with van der Waals surface area (Å²) < 4.78 is 0. The van der Waals surface area contributed by atoms with Gasteiger partial charge in [0.05, 0.1) is 11.7 Å². The summed E-state index contributed by atoms with van der Waals surface area (Å²) in [5.74, 6) is 0.795. The Morgan fingerprint density at radius 3 is 1.78 bits per heavy atom. The average Bonchev–Trinajstić information content (AvgIpc) is 3.34. The zero-order valence-electron chi connectivity index (χ0n) is 24.2. The lowest BCUT2D eigenvalue weighted by atomic mass is 9.80. The number of aryl methyl sites for hydroxylation is 1. The van der Waals surface area contributed by atoms with Gasteiger partial charge in [0.15, 0.2) is 0 Å². The van der Waals surface area contributed by atoms with Gasteiger partial charge in [-0.2, -0.15) is 0 Å². The summed E-state index contributed by atoms with van der Waals surface area (Å²) >= 11 is 0. The average molecular weight is 618 g/mol. The van der Waals surface area contributed by atoms with Crippen LogP contribution in [0, 0.1) is 6.92 Å². The van der Waals surface area contributed by atoms with Gasteiger partial charge < -0.3 is 15.4 Å². The fraction of sp³-hybridized carbons (Fsp3) is 0.364. The molecule has 4 aromatic rings.